The first-order valence-electron chi connectivity index (χ1n) is 9.14. The summed E-state index contributed by atoms with van der Waals surface area (Å²) in [7, 11) is 1.68. The van der Waals surface area contributed by atoms with Gasteiger partial charge in [0.1, 0.15) is 11.6 Å². The first-order chi connectivity index (χ1) is 13.8. The normalized spacial score (nSPS) is 13.8. The van der Waals surface area contributed by atoms with E-state index in [0.29, 0.717) is 6.04 Å². The fourth-order valence-electron chi connectivity index (χ4n) is 3.05. The molecule has 4 aromatic rings. The SMILES string of the molecule is COc1ccc(-n2c(CSc3nnc(NC4CC4)s3)nc3ccccc32)cc1. The van der Waals surface area contributed by atoms with E-state index in [1.807, 2.05) is 30.3 Å². The molecule has 1 saturated carbocycles. The zero-order valence-electron chi connectivity index (χ0n) is 15.3. The number of aromatic nitrogens is 4. The zero-order chi connectivity index (χ0) is 18.9. The van der Waals surface area contributed by atoms with Crippen LogP contribution in [0.25, 0.3) is 16.7 Å². The van der Waals surface area contributed by atoms with E-state index in [4.69, 9.17) is 9.72 Å². The van der Waals surface area contributed by atoms with E-state index in [-0.39, 0.29) is 0 Å². The fraction of sp³-hybridized carbons (Fsp3) is 0.250. The Kier molecular flexibility index (Phi) is 4.66. The van der Waals surface area contributed by atoms with E-state index >= 15 is 0 Å². The van der Waals surface area contributed by atoms with Crippen LogP contribution in [0.1, 0.15) is 18.7 Å². The molecule has 1 aliphatic rings. The van der Waals surface area contributed by atoms with Crippen LogP contribution in [0.4, 0.5) is 5.13 Å². The number of methoxy groups -OCH3 is 1. The van der Waals surface area contributed by atoms with Crippen molar-refractivity contribution >= 4 is 39.3 Å². The molecule has 6 nitrogen and oxygen atoms in total. The highest BCUT2D eigenvalue weighted by molar-refractivity contribution is 8.00. The van der Waals surface area contributed by atoms with Crippen LogP contribution < -0.4 is 10.1 Å². The number of fused-ring (bicyclic) bond motifs is 1. The number of benzene rings is 2. The number of para-hydroxylation sites is 2. The Hall–Kier alpha value is -2.58. The lowest BCUT2D eigenvalue weighted by Crippen LogP contribution is -2.00. The lowest BCUT2D eigenvalue weighted by atomic mass is 10.2. The topological polar surface area (TPSA) is 64.9 Å². The molecule has 1 N–H and O–H groups in total. The predicted octanol–water partition coefficient (Wildman–Crippen LogP) is 4.75. The van der Waals surface area contributed by atoms with Crippen molar-refractivity contribution in [1.82, 2.24) is 19.7 Å². The van der Waals surface area contributed by atoms with Crippen molar-refractivity contribution in [3.8, 4) is 11.4 Å². The van der Waals surface area contributed by atoms with E-state index in [1.54, 1.807) is 30.2 Å². The molecule has 0 aliphatic heterocycles. The van der Waals surface area contributed by atoms with Gasteiger partial charge >= 0.3 is 0 Å². The average Bonchev–Trinajstić information content (AvgIpc) is 3.30. The minimum atomic E-state index is 0.588. The Morgan fingerprint density at radius 2 is 1.96 bits per heavy atom. The second kappa shape index (κ2) is 7.44. The fourth-order valence-corrected chi connectivity index (χ4v) is 4.80. The van der Waals surface area contributed by atoms with Crippen molar-refractivity contribution in [2.75, 3.05) is 12.4 Å². The molecule has 142 valence electrons. The van der Waals surface area contributed by atoms with E-state index in [9.17, 15) is 0 Å². The third kappa shape index (κ3) is 3.57. The summed E-state index contributed by atoms with van der Waals surface area (Å²) in [5.41, 5.74) is 3.15. The van der Waals surface area contributed by atoms with Crippen molar-refractivity contribution in [1.29, 1.82) is 0 Å². The van der Waals surface area contributed by atoms with Gasteiger partial charge in [-0.05, 0) is 49.2 Å². The lowest BCUT2D eigenvalue weighted by molar-refractivity contribution is 0.414. The second-order valence-electron chi connectivity index (χ2n) is 6.63. The van der Waals surface area contributed by atoms with Crippen LogP contribution in [0.15, 0.2) is 52.9 Å². The molecule has 0 unspecified atom stereocenters. The molecule has 0 radical (unpaired) electrons. The van der Waals surface area contributed by atoms with Gasteiger partial charge in [-0.3, -0.25) is 4.57 Å². The van der Waals surface area contributed by atoms with Gasteiger partial charge in [-0.15, -0.1) is 10.2 Å². The van der Waals surface area contributed by atoms with E-state index in [0.717, 1.165) is 43.5 Å². The maximum absolute atomic E-state index is 5.29. The van der Waals surface area contributed by atoms with Gasteiger partial charge in [-0.2, -0.15) is 0 Å². The monoisotopic (exact) mass is 409 g/mol. The largest absolute Gasteiger partial charge is 0.497 e. The Labute approximate surface area is 171 Å². The summed E-state index contributed by atoms with van der Waals surface area (Å²) in [6, 6.07) is 16.9. The molecule has 5 rings (SSSR count). The molecule has 0 spiro atoms. The predicted molar refractivity (Wildman–Crippen MR) is 114 cm³/mol. The molecule has 8 heteroatoms. The molecule has 0 saturated heterocycles. The van der Waals surface area contributed by atoms with Crippen LogP contribution in [0.5, 0.6) is 5.75 Å². The standard InChI is InChI=1S/C20H19N5OS2/c1-26-15-10-8-14(9-11-15)25-17-5-3-2-4-16(17)22-18(25)12-27-20-24-23-19(28-20)21-13-6-7-13/h2-5,8-11,13H,6-7,12H2,1H3,(H,21,23). The Balaban J connectivity index is 1.43. The molecular weight excluding hydrogens is 390 g/mol. The van der Waals surface area contributed by atoms with Crippen LogP contribution in [0.2, 0.25) is 0 Å². The van der Waals surface area contributed by atoms with Crippen LogP contribution in [0, 0.1) is 0 Å². The highest BCUT2D eigenvalue weighted by Crippen LogP contribution is 2.33. The van der Waals surface area contributed by atoms with Crippen molar-refractivity contribution in [2.45, 2.75) is 29.0 Å². The maximum atomic E-state index is 5.29. The number of anilines is 1. The van der Waals surface area contributed by atoms with Crippen molar-refractivity contribution in [3.05, 3.63) is 54.4 Å². The quantitative estimate of drug-likeness (QED) is 0.444. The van der Waals surface area contributed by atoms with Crippen LogP contribution in [-0.2, 0) is 5.75 Å². The summed E-state index contributed by atoms with van der Waals surface area (Å²) in [4.78, 5) is 4.86. The van der Waals surface area contributed by atoms with Gasteiger partial charge in [0.15, 0.2) is 4.34 Å². The van der Waals surface area contributed by atoms with E-state index in [2.05, 4.69) is 38.3 Å². The maximum Gasteiger partial charge on any atom is 0.206 e. The number of nitrogens with one attached hydrogen (secondary N) is 1. The summed E-state index contributed by atoms with van der Waals surface area (Å²) in [5, 5.41) is 12.9. The van der Waals surface area contributed by atoms with Gasteiger partial charge < -0.3 is 10.1 Å². The zero-order valence-corrected chi connectivity index (χ0v) is 17.0. The van der Waals surface area contributed by atoms with E-state index < -0.39 is 0 Å². The molecule has 0 atom stereocenters. The van der Waals surface area contributed by atoms with Gasteiger partial charge in [0.05, 0.1) is 23.9 Å². The molecule has 2 heterocycles. The average molecular weight is 410 g/mol. The van der Waals surface area contributed by atoms with Crippen LogP contribution >= 0.6 is 23.1 Å². The number of ether oxygens (including phenoxy) is 1. The molecule has 0 bridgehead atoms. The number of hydrogen-bond acceptors (Lipinski definition) is 7. The summed E-state index contributed by atoms with van der Waals surface area (Å²) in [6.07, 6.45) is 2.46. The molecule has 2 aromatic heterocycles. The summed E-state index contributed by atoms with van der Waals surface area (Å²) in [5.74, 6) is 2.55. The highest BCUT2D eigenvalue weighted by atomic mass is 32.2. The minimum absolute atomic E-state index is 0.588. The van der Waals surface area contributed by atoms with Gasteiger partial charge in [-0.1, -0.05) is 35.2 Å². The van der Waals surface area contributed by atoms with Gasteiger partial charge in [0.25, 0.3) is 0 Å². The van der Waals surface area contributed by atoms with Crippen LogP contribution in [0.3, 0.4) is 0 Å². The van der Waals surface area contributed by atoms with Crippen LogP contribution in [-0.4, -0.2) is 32.9 Å². The minimum Gasteiger partial charge on any atom is -0.497 e. The molecule has 2 aromatic carbocycles. The Morgan fingerprint density at radius 1 is 1.14 bits per heavy atom. The summed E-state index contributed by atoms with van der Waals surface area (Å²) >= 11 is 3.28. The number of nitrogens with zero attached hydrogens (tertiary/aromatic N) is 4. The second-order valence-corrected chi connectivity index (χ2v) is 8.83. The lowest BCUT2D eigenvalue weighted by Gasteiger charge is -2.09. The highest BCUT2D eigenvalue weighted by Gasteiger charge is 2.22. The number of rotatable bonds is 7. The molecule has 1 fully saturated rings. The third-order valence-electron chi connectivity index (χ3n) is 4.60. The first-order valence-corrected chi connectivity index (χ1v) is 10.9. The van der Waals surface area contributed by atoms with Gasteiger partial charge in [0, 0.05) is 11.7 Å². The number of imidazole rings is 1. The molecule has 0 amide bonds. The molecule has 28 heavy (non-hydrogen) atoms. The van der Waals surface area contributed by atoms with Crippen molar-refractivity contribution < 1.29 is 4.74 Å². The first kappa shape index (κ1) is 17.5. The Bertz CT molecular complexity index is 1100. The third-order valence-corrected chi connectivity index (χ3v) is 6.58. The van der Waals surface area contributed by atoms with Gasteiger partial charge in [0.2, 0.25) is 5.13 Å². The van der Waals surface area contributed by atoms with Crippen molar-refractivity contribution in [2.24, 2.45) is 0 Å². The summed E-state index contributed by atoms with van der Waals surface area (Å²) < 4.78 is 8.45. The molecular formula is C20H19N5OS2. The smallest absolute Gasteiger partial charge is 0.206 e. The number of hydrogen-bond donors (Lipinski definition) is 1. The van der Waals surface area contributed by atoms with Crippen molar-refractivity contribution in [3.63, 3.8) is 0 Å². The summed E-state index contributed by atoms with van der Waals surface area (Å²) in [6.45, 7) is 0. The van der Waals surface area contributed by atoms with E-state index in [1.165, 1.54) is 12.8 Å². The number of thioether (sulfide) groups is 1. The Morgan fingerprint density at radius 3 is 2.75 bits per heavy atom. The van der Waals surface area contributed by atoms with Gasteiger partial charge in [-0.25, -0.2) is 4.98 Å². The molecule has 1 aliphatic carbocycles.